The van der Waals surface area contributed by atoms with Gasteiger partial charge in [-0.25, -0.2) is 18.2 Å². The molecule has 1 N–H and O–H groups in total. The van der Waals surface area contributed by atoms with Crippen molar-refractivity contribution in [1.82, 2.24) is 4.98 Å². The van der Waals surface area contributed by atoms with E-state index in [1.165, 1.54) is 36.6 Å². The monoisotopic (exact) mass is 482 g/mol. The summed E-state index contributed by atoms with van der Waals surface area (Å²) in [5.74, 6) is -0.138. The first-order valence-corrected chi connectivity index (χ1v) is 11.1. The second kappa shape index (κ2) is 8.72. The molecule has 0 amide bonds. The van der Waals surface area contributed by atoms with Gasteiger partial charge in [0.15, 0.2) is 0 Å². The molecule has 0 bridgehead atoms. The molecule has 0 spiro atoms. The van der Waals surface area contributed by atoms with Crippen LogP contribution < -0.4 is 9.46 Å². The van der Waals surface area contributed by atoms with Gasteiger partial charge in [0, 0.05) is 15.9 Å². The van der Waals surface area contributed by atoms with E-state index in [0.29, 0.717) is 15.9 Å². The summed E-state index contributed by atoms with van der Waals surface area (Å²) < 4.78 is 38.6. The molecule has 0 atom stereocenters. The average Bonchev–Trinajstić information content (AvgIpc) is 3.19. The van der Waals surface area contributed by atoms with Gasteiger partial charge in [0.05, 0.1) is 34.5 Å². The van der Waals surface area contributed by atoms with E-state index < -0.39 is 16.0 Å². The highest BCUT2D eigenvalue weighted by Gasteiger charge is 2.19. The number of thiazole rings is 1. The third-order valence-corrected chi connectivity index (χ3v) is 6.32. The van der Waals surface area contributed by atoms with Crippen molar-refractivity contribution >= 4 is 48.9 Å². The smallest absolute Gasteiger partial charge is 0.339 e. The minimum Gasteiger partial charge on any atom is -0.487 e. The van der Waals surface area contributed by atoms with Gasteiger partial charge in [0.25, 0.3) is 10.0 Å². The Labute approximate surface area is 174 Å². The zero-order chi connectivity index (χ0) is 20.1. The zero-order valence-corrected chi connectivity index (χ0v) is 17.8. The number of anilines is 1. The number of benzene rings is 2. The van der Waals surface area contributed by atoms with Crippen LogP contribution in [0.25, 0.3) is 0 Å². The van der Waals surface area contributed by atoms with Crippen LogP contribution in [0.3, 0.4) is 0 Å². The molecule has 0 aliphatic heterocycles. The molecule has 10 heteroatoms. The molecular formula is C18H15BrN2O5S2. The fraction of sp³-hybridized carbons (Fsp3) is 0.111. The Morgan fingerprint density at radius 1 is 1.25 bits per heavy atom. The maximum Gasteiger partial charge on any atom is 0.339 e. The fourth-order valence-corrected chi connectivity index (χ4v) is 4.29. The van der Waals surface area contributed by atoms with Crippen molar-refractivity contribution in [2.45, 2.75) is 11.5 Å². The minimum atomic E-state index is -3.91. The number of carbonyl (C=O) groups is 1. The van der Waals surface area contributed by atoms with Crippen LogP contribution in [0, 0.1) is 0 Å². The van der Waals surface area contributed by atoms with Crippen LogP contribution >= 0.6 is 27.3 Å². The first-order chi connectivity index (χ1) is 13.4. The fourth-order valence-electron chi connectivity index (χ4n) is 2.27. The van der Waals surface area contributed by atoms with Crippen LogP contribution in [-0.2, 0) is 21.4 Å². The van der Waals surface area contributed by atoms with Crippen molar-refractivity contribution in [2.75, 3.05) is 11.8 Å². The molecule has 0 radical (unpaired) electrons. The van der Waals surface area contributed by atoms with E-state index in [4.69, 9.17) is 4.74 Å². The zero-order valence-electron chi connectivity index (χ0n) is 14.6. The number of hydrogen-bond donors (Lipinski definition) is 1. The summed E-state index contributed by atoms with van der Waals surface area (Å²) >= 11 is 4.68. The molecule has 0 fully saturated rings. The molecule has 0 unspecified atom stereocenters. The first-order valence-electron chi connectivity index (χ1n) is 7.89. The molecule has 28 heavy (non-hydrogen) atoms. The molecule has 146 valence electrons. The Bertz CT molecular complexity index is 1090. The van der Waals surface area contributed by atoms with Crippen molar-refractivity contribution < 1.29 is 22.7 Å². The number of nitrogens with one attached hydrogen (secondary N) is 1. The number of nitrogens with zero attached hydrogens (tertiary/aromatic N) is 1. The van der Waals surface area contributed by atoms with Gasteiger partial charge in [-0.05, 0) is 46.3 Å². The molecule has 3 aromatic rings. The predicted octanol–water partition coefficient (Wildman–Crippen LogP) is 4.07. The van der Waals surface area contributed by atoms with E-state index in [2.05, 4.69) is 30.4 Å². The molecule has 3 rings (SSSR count). The highest BCUT2D eigenvalue weighted by atomic mass is 79.9. The predicted molar refractivity (Wildman–Crippen MR) is 109 cm³/mol. The summed E-state index contributed by atoms with van der Waals surface area (Å²) in [5, 5.41) is 1.87. The van der Waals surface area contributed by atoms with Crippen LogP contribution in [0.2, 0.25) is 0 Å². The van der Waals surface area contributed by atoms with Crippen molar-refractivity contribution in [1.29, 1.82) is 0 Å². The molecule has 0 saturated carbocycles. The number of carbonyl (C=O) groups excluding carboxylic acids is 1. The normalized spacial score (nSPS) is 11.1. The molecule has 1 aromatic heterocycles. The summed E-state index contributed by atoms with van der Waals surface area (Å²) in [5.41, 5.74) is 2.95. The van der Waals surface area contributed by atoms with Crippen LogP contribution in [0.4, 0.5) is 5.69 Å². The van der Waals surface area contributed by atoms with E-state index in [9.17, 15) is 13.2 Å². The Balaban J connectivity index is 1.79. The molecule has 7 nitrogen and oxygen atoms in total. The first kappa shape index (κ1) is 20.3. The molecule has 0 aliphatic rings. The van der Waals surface area contributed by atoms with E-state index >= 15 is 0 Å². The lowest BCUT2D eigenvalue weighted by Crippen LogP contribution is -2.14. The van der Waals surface area contributed by atoms with Crippen LogP contribution in [0.15, 0.2) is 62.7 Å². The summed E-state index contributed by atoms with van der Waals surface area (Å²) in [6.45, 7) is 0.287. The Morgan fingerprint density at radius 2 is 2.07 bits per heavy atom. The molecular weight excluding hydrogens is 468 g/mol. The Morgan fingerprint density at radius 3 is 2.79 bits per heavy atom. The highest BCUT2D eigenvalue weighted by molar-refractivity contribution is 9.10. The molecule has 2 aromatic carbocycles. The third kappa shape index (κ3) is 4.89. The third-order valence-electron chi connectivity index (χ3n) is 3.61. The highest BCUT2D eigenvalue weighted by Crippen LogP contribution is 2.25. The molecule has 0 aliphatic carbocycles. The SMILES string of the molecule is COC(=O)c1cc(S(=O)(=O)Nc2cccc(OCc3cscn3)c2)ccc1Br. The van der Waals surface area contributed by atoms with Crippen LogP contribution in [0.1, 0.15) is 16.1 Å². The topological polar surface area (TPSA) is 94.6 Å². The quantitative estimate of drug-likeness (QED) is 0.510. The van der Waals surface area contributed by atoms with Gasteiger partial charge >= 0.3 is 5.97 Å². The number of sulfonamides is 1. The van der Waals surface area contributed by atoms with E-state index in [0.717, 1.165) is 5.69 Å². The number of ether oxygens (including phenoxy) is 2. The maximum atomic E-state index is 12.7. The summed E-state index contributed by atoms with van der Waals surface area (Å²) in [4.78, 5) is 15.9. The number of halogens is 1. The largest absolute Gasteiger partial charge is 0.487 e. The van der Waals surface area contributed by atoms with Crippen molar-refractivity contribution in [3.05, 3.63) is 69.1 Å². The lowest BCUT2D eigenvalue weighted by Gasteiger charge is -2.11. The van der Waals surface area contributed by atoms with Gasteiger partial charge in [-0.2, -0.15) is 0 Å². The van der Waals surface area contributed by atoms with Crippen LogP contribution in [-0.4, -0.2) is 26.5 Å². The number of hydrogen-bond acceptors (Lipinski definition) is 7. The summed E-state index contributed by atoms with van der Waals surface area (Å²) in [7, 11) is -2.69. The van der Waals surface area contributed by atoms with E-state index in [1.807, 2.05) is 5.38 Å². The average molecular weight is 483 g/mol. The number of rotatable bonds is 7. The minimum absolute atomic E-state index is 0.0649. The second-order valence-electron chi connectivity index (χ2n) is 5.54. The van der Waals surface area contributed by atoms with Gasteiger partial charge < -0.3 is 9.47 Å². The van der Waals surface area contributed by atoms with E-state index in [1.54, 1.807) is 29.8 Å². The van der Waals surface area contributed by atoms with Crippen molar-refractivity contribution in [3.8, 4) is 5.75 Å². The number of esters is 1. The maximum absolute atomic E-state index is 12.7. The van der Waals surface area contributed by atoms with Gasteiger partial charge in [-0.1, -0.05) is 6.07 Å². The van der Waals surface area contributed by atoms with Crippen molar-refractivity contribution in [3.63, 3.8) is 0 Å². The van der Waals surface area contributed by atoms with Gasteiger partial charge in [-0.3, -0.25) is 4.72 Å². The lowest BCUT2D eigenvalue weighted by molar-refractivity contribution is 0.0599. The standard InChI is InChI=1S/C18H15BrN2O5S2/c1-25-18(22)16-8-15(5-6-17(16)19)28(23,24)21-12-3-2-4-14(7-12)26-9-13-10-27-11-20-13/h2-8,10-11,21H,9H2,1H3. The Hall–Kier alpha value is -2.43. The van der Waals surface area contributed by atoms with Gasteiger partial charge in [-0.15, -0.1) is 11.3 Å². The second-order valence-corrected chi connectivity index (χ2v) is 8.79. The molecule has 0 saturated heterocycles. The van der Waals surface area contributed by atoms with Crippen LogP contribution in [0.5, 0.6) is 5.75 Å². The van der Waals surface area contributed by atoms with E-state index in [-0.39, 0.29) is 17.1 Å². The number of methoxy groups -OCH3 is 1. The number of aromatic nitrogens is 1. The van der Waals surface area contributed by atoms with Gasteiger partial charge in [0.1, 0.15) is 12.4 Å². The summed E-state index contributed by atoms with van der Waals surface area (Å²) in [6, 6.07) is 10.7. The summed E-state index contributed by atoms with van der Waals surface area (Å²) in [6.07, 6.45) is 0. The molecule has 1 heterocycles. The Kier molecular flexibility index (Phi) is 6.32. The van der Waals surface area contributed by atoms with Gasteiger partial charge in [0.2, 0.25) is 0 Å². The van der Waals surface area contributed by atoms with Crippen molar-refractivity contribution in [2.24, 2.45) is 0 Å². The lowest BCUT2D eigenvalue weighted by atomic mass is 10.2.